The van der Waals surface area contributed by atoms with Crippen molar-refractivity contribution in [3.8, 4) is 5.75 Å². The van der Waals surface area contributed by atoms with Gasteiger partial charge in [-0.1, -0.05) is 30.3 Å². The molecule has 0 atom stereocenters. The SMILES string of the molecule is CCOc1ccc(C(C)=O)cc1CN1CCN(Cc2ccccc2)CC1. The van der Waals surface area contributed by atoms with Gasteiger partial charge >= 0.3 is 0 Å². The van der Waals surface area contributed by atoms with Crippen LogP contribution in [-0.4, -0.2) is 48.4 Å². The quantitative estimate of drug-likeness (QED) is 0.713. The molecule has 4 nitrogen and oxygen atoms in total. The molecule has 0 radical (unpaired) electrons. The van der Waals surface area contributed by atoms with E-state index in [1.54, 1.807) is 6.92 Å². The van der Waals surface area contributed by atoms with Crippen LogP contribution in [0.5, 0.6) is 5.75 Å². The van der Waals surface area contributed by atoms with Crippen LogP contribution in [0.25, 0.3) is 0 Å². The third kappa shape index (κ3) is 4.93. The van der Waals surface area contributed by atoms with Crippen molar-refractivity contribution in [2.45, 2.75) is 26.9 Å². The van der Waals surface area contributed by atoms with Crippen LogP contribution in [0.2, 0.25) is 0 Å². The molecule has 0 saturated carbocycles. The van der Waals surface area contributed by atoms with E-state index < -0.39 is 0 Å². The zero-order valence-corrected chi connectivity index (χ0v) is 15.8. The fourth-order valence-electron chi connectivity index (χ4n) is 3.41. The Kier molecular flexibility index (Phi) is 6.42. The van der Waals surface area contributed by atoms with Gasteiger partial charge in [0, 0.05) is 50.4 Å². The third-order valence-corrected chi connectivity index (χ3v) is 4.87. The summed E-state index contributed by atoms with van der Waals surface area (Å²) in [5, 5.41) is 0. The Labute approximate surface area is 156 Å². The first kappa shape index (κ1) is 18.6. The molecular formula is C22H28N2O2. The lowest BCUT2D eigenvalue weighted by Crippen LogP contribution is -2.45. The summed E-state index contributed by atoms with van der Waals surface area (Å²) in [4.78, 5) is 16.7. The number of benzene rings is 2. The highest BCUT2D eigenvalue weighted by Gasteiger charge is 2.19. The van der Waals surface area contributed by atoms with Crippen molar-refractivity contribution in [1.82, 2.24) is 9.80 Å². The van der Waals surface area contributed by atoms with E-state index in [4.69, 9.17) is 4.74 Å². The lowest BCUT2D eigenvalue weighted by molar-refractivity contribution is 0.101. The van der Waals surface area contributed by atoms with Crippen molar-refractivity contribution >= 4 is 5.78 Å². The second-order valence-electron chi connectivity index (χ2n) is 6.85. The first-order chi connectivity index (χ1) is 12.7. The molecule has 26 heavy (non-hydrogen) atoms. The van der Waals surface area contributed by atoms with Crippen molar-refractivity contribution in [3.05, 3.63) is 65.2 Å². The monoisotopic (exact) mass is 352 g/mol. The van der Waals surface area contributed by atoms with Crippen LogP contribution in [0.15, 0.2) is 48.5 Å². The van der Waals surface area contributed by atoms with Gasteiger partial charge in [0.2, 0.25) is 0 Å². The molecular weight excluding hydrogens is 324 g/mol. The number of hydrogen-bond acceptors (Lipinski definition) is 4. The van der Waals surface area contributed by atoms with Crippen molar-refractivity contribution in [2.24, 2.45) is 0 Å². The second kappa shape index (κ2) is 8.97. The van der Waals surface area contributed by atoms with Crippen LogP contribution < -0.4 is 4.74 Å². The highest BCUT2D eigenvalue weighted by molar-refractivity contribution is 5.94. The van der Waals surface area contributed by atoms with E-state index in [1.165, 1.54) is 5.56 Å². The maximum absolute atomic E-state index is 11.7. The fourth-order valence-corrected chi connectivity index (χ4v) is 3.41. The predicted molar refractivity (Wildman–Crippen MR) is 105 cm³/mol. The molecule has 1 fully saturated rings. The summed E-state index contributed by atoms with van der Waals surface area (Å²) in [5.74, 6) is 0.992. The number of ether oxygens (including phenoxy) is 1. The van der Waals surface area contributed by atoms with E-state index >= 15 is 0 Å². The van der Waals surface area contributed by atoms with Crippen molar-refractivity contribution < 1.29 is 9.53 Å². The number of piperazine rings is 1. The lowest BCUT2D eigenvalue weighted by Gasteiger charge is -2.35. The first-order valence-corrected chi connectivity index (χ1v) is 9.41. The standard InChI is InChI=1S/C22H28N2O2/c1-3-26-22-10-9-20(18(2)25)15-21(22)17-24-13-11-23(12-14-24)16-19-7-5-4-6-8-19/h4-10,15H,3,11-14,16-17H2,1-2H3. The van der Waals surface area contributed by atoms with Gasteiger partial charge in [-0.25, -0.2) is 0 Å². The van der Waals surface area contributed by atoms with Gasteiger partial charge in [-0.2, -0.15) is 0 Å². The van der Waals surface area contributed by atoms with Crippen molar-refractivity contribution in [2.75, 3.05) is 32.8 Å². The molecule has 1 heterocycles. The molecule has 0 N–H and O–H groups in total. The van der Waals surface area contributed by atoms with Gasteiger partial charge in [-0.3, -0.25) is 14.6 Å². The highest BCUT2D eigenvalue weighted by atomic mass is 16.5. The molecule has 0 aliphatic carbocycles. The largest absolute Gasteiger partial charge is 0.494 e. The summed E-state index contributed by atoms with van der Waals surface area (Å²) in [5.41, 5.74) is 3.23. The molecule has 0 aromatic heterocycles. The minimum atomic E-state index is 0.0991. The smallest absolute Gasteiger partial charge is 0.159 e. The van der Waals surface area contributed by atoms with Crippen LogP contribution in [-0.2, 0) is 13.1 Å². The fraction of sp³-hybridized carbons (Fsp3) is 0.409. The predicted octanol–water partition coefficient (Wildman–Crippen LogP) is 3.61. The Morgan fingerprint density at radius 1 is 0.962 bits per heavy atom. The molecule has 1 saturated heterocycles. The molecule has 3 rings (SSSR count). The van der Waals surface area contributed by atoms with Gasteiger partial charge in [-0.05, 0) is 37.6 Å². The van der Waals surface area contributed by atoms with Gasteiger partial charge in [0.15, 0.2) is 5.78 Å². The van der Waals surface area contributed by atoms with Crippen LogP contribution in [0, 0.1) is 0 Å². The summed E-state index contributed by atoms with van der Waals surface area (Å²) in [6.07, 6.45) is 0. The van der Waals surface area contributed by atoms with Gasteiger partial charge in [0.25, 0.3) is 0 Å². The number of hydrogen-bond donors (Lipinski definition) is 0. The van der Waals surface area contributed by atoms with E-state index in [0.29, 0.717) is 6.61 Å². The Balaban J connectivity index is 1.60. The van der Waals surface area contributed by atoms with Crippen LogP contribution >= 0.6 is 0 Å². The summed E-state index contributed by atoms with van der Waals surface area (Å²) in [6.45, 7) is 10.3. The summed E-state index contributed by atoms with van der Waals surface area (Å²) in [7, 11) is 0. The number of ketones is 1. The van der Waals surface area contributed by atoms with Gasteiger partial charge in [0.1, 0.15) is 5.75 Å². The number of carbonyl (C=O) groups excluding carboxylic acids is 1. The van der Waals surface area contributed by atoms with E-state index in [2.05, 4.69) is 40.1 Å². The van der Waals surface area contributed by atoms with Gasteiger partial charge in [0.05, 0.1) is 6.61 Å². The molecule has 2 aromatic carbocycles. The summed E-state index contributed by atoms with van der Waals surface area (Å²) in [6, 6.07) is 16.4. The van der Waals surface area contributed by atoms with E-state index in [0.717, 1.165) is 56.1 Å². The van der Waals surface area contributed by atoms with Gasteiger partial charge < -0.3 is 4.74 Å². The number of carbonyl (C=O) groups is 1. The number of rotatable bonds is 7. The third-order valence-electron chi connectivity index (χ3n) is 4.87. The summed E-state index contributed by atoms with van der Waals surface area (Å²) < 4.78 is 5.77. The van der Waals surface area contributed by atoms with E-state index in [9.17, 15) is 4.79 Å². The average Bonchev–Trinajstić information content (AvgIpc) is 2.65. The molecule has 1 aliphatic rings. The van der Waals surface area contributed by atoms with Crippen molar-refractivity contribution in [3.63, 3.8) is 0 Å². The Bertz CT molecular complexity index is 722. The lowest BCUT2D eigenvalue weighted by atomic mass is 10.1. The Morgan fingerprint density at radius 3 is 2.23 bits per heavy atom. The van der Waals surface area contributed by atoms with Crippen LogP contribution in [0.1, 0.15) is 35.3 Å². The second-order valence-corrected chi connectivity index (χ2v) is 6.85. The topological polar surface area (TPSA) is 32.8 Å². The first-order valence-electron chi connectivity index (χ1n) is 9.41. The number of Topliss-reactive ketones (excluding diaryl/α,β-unsaturated/α-hetero) is 1. The molecule has 0 bridgehead atoms. The minimum Gasteiger partial charge on any atom is -0.494 e. The molecule has 0 amide bonds. The highest BCUT2D eigenvalue weighted by Crippen LogP contribution is 2.23. The van der Waals surface area contributed by atoms with E-state index in [1.807, 2.05) is 25.1 Å². The van der Waals surface area contributed by atoms with Crippen molar-refractivity contribution in [1.29, 1.82) is 0 Å². The number of nitrogens with zero attached hydrogens (tertiary/aromatic N) is 2. The van der Waals surface area contributed by atoms with Crippen LogP contribution in [0.3, 0.4) is 0 Å². The maximum atomic E-state index is 11.7. The summed E-state index contributed by atoms with van der Waals surface area (Å²) >= 11 is 0. The Morgan fingerprint density at radius 2 is 1.62 bits per heavy atom. The molecule has 0 spiro atoms. The zero-order valence-electron chi connectivity index (χ0n) is 15.8. The molecule has 138 valence electrons. The molecule has 0 unspecified atom stereocenters. The minimum absolute atomic E-state index is 0.0991. The maximum Gasteiger partial charge on any atom is 0.159 e. The van der Waals surface area contributed by atoms with Crippen LogP contribution in [0.4, 0.5) is 0 Å². The van der Waals surface area contributed by atoms with Gasteiger partial charge in [-0.15, -0.1) is 0 Å². The normalized spacial score (nSPS) is 15.8. The zero-order chi connectivity index (χ0) is 18.4. The Hall–Kier alpha value is -2.17. The molecule has 1 aliphatic heterocycles. The molecule has 4 heteroatoms. The van der Waals surface area contributed by atoms with E-state index in [-0.39, 0.29) is 5.78 Å². The average molecular weight is 352 g/mol. The molecule has 2 aromatic rings.